The molecule has 2 heterocycles. The van der Waals surface area contributed by atoms with Crippen molar-refractivity contribution in [2.75, 3.05) is 7.11 Å². The first-order chi connectivity index (χ1) is 16.8. The second-order valence-electron chi connectivity index (χ2n) is 8.03. The van der Waals surface area contributed by atoms with Crippen LogP contribution in [-0.2, 0) is 22.4 Å². The minimum absolute atomic E-state index is 0.419. The van der Waals surface area contributed by atoms with E-state index >= 15 is 0 Å². The van der Waals surface area contributed by atoms with Crippen molar-refractivity contribution in [1.29, 1.82) is 0 Å². The quantitative estimate of drug-likeness (QED) is 0.334. The Bertz CT molecular complexity index is 1380. The maximum atomic E-state index is 12.6. The molecule has 4 rings (SSSR count). The van der Waals surface area contributed by atoms with Crippen LogP contribution >= 0.6 is 0 Å². The van der Waals surface area contributed by atoms with Crippen molar-refractivity contribution in [2.45, 2.75) is 40.2 Å². The van der Waals surface area contributed by atoms with Crippen molar-refractivity contribution in [3.05, 3.63) is 70.7 Å². The lowest BCUT2D eigenvalue weighted by molar-refractivity contribution is 0.0600. The highest BCUT2D eigenvalue weighted by atomic mass is 32.2. The van der Waals surface area contributed by atoms with E-state index in [-0.39, 0.29) is 0 Å². The monoisotopic (exact) mass is 497 g/mol. The number of rotatable bonds is 9. The largest absolute Gasteiger partial charge is 0.465 e. The van der Waals surface area contributed by atoms with E-state index in [9.17, 15) is 9.00 Å². The molecule has 0 amide bonds. The molecule has 0 saturated carbocycles. The SMILES string of the molecule is CCc1[nH]n2c(C(C)NS(=O)Oc3cc(C)ccc3C)nnc2c1Oc1ccc(C(=O)OC)cc1. The molecule has 11 heteroatoms. The van der Waals surface area contributed by atoms with Crippen molar-refractivity contribution in [3.8, 4) is 17.2 Å². The Morgan fingerprint density at radius 1 is 1.17 bits per heavy atom. The first kappa shape index (κ1) is 24.4. The minimum Gasteiger partial charge on any atom is -0.465 e. The standard InChI is InChI=1S/C24H27N5O5S/c1-6-19-21(33-18-11-9-17(10-12-18)24(30)32-5)23-26-25-22(29(23)27-19)16(4)28-35(31)34-20-13-14(2)7-8-15(20)3/h7-13,16,27-28H,6H2,1-5H3. The third-order valence-corrected chi connectivity index (χ3v) is 6.31. The maximum absolute atomic E-state index is 12.6. The summed E-state index contributed by atoms with van der Waals surface area (Å²) in [5.41, 5.74) is 3.63. The molecule has 0 aliphatic carbocycles. The van der Waals surface area contributed by atoms with Crippen LogP contribution in [0.1, 0.15) is 52.9 Å². The highest BCUT2D eigenvalue weighted by Gasteiger charge is 2.23. The van der Waals surface area contributed by atoms with E-state index in [2.05, 4.69) is 20.0 Å². The van der Waals surface area contributed by atoms with Gasteiger partial charge in [-0.25, -0.2) is 9.31 Å². The number of fused-ring (bicyclic) bond motifs is 1. The van der Waals surface area contributed by atoms with Gasteiger partial charge in [-0.2, -0.15) is 8.93 Å². The van der Waals surface area contributed by atoms with Crippen LogP contribution in [-0.4, -0.2) is 37.1 Å². The summed E-state index contributed by atoms with van der Waals surface area (Å²) in [4.78, 5) is 11.7. The summed E-state index contributed by atoms with van der Waals surface area (Å²) in [5, 5.41) is 11.8. The molecule has 2 aromatic heterocycles. The van der Waals surface area contributed by atoms with Gasteiger partial charge in [0.25, 0.3) is 11.3 Å². The zero-order chi connectivity index (χ0) is 25.1. The number of carbonyl (C=O) groups is 1. The second kappa shape index (κ2) is 10.3. The summed E-state index contributed by atoms with van der Waals surface area (Å²) in [5.74, 6) is 1.71. The van der Waals surface area contributed by atoms with Gasteiger partial charge in [0, 0.05) is 0 Å². The number of ether oxygens (including phenoxy) is 2. The van der Waals surface area contributed by atoms with Crippen molar-refractivity contribution >= 4 is 22.9 Å². The second-order valence-corrected chi connectivity index (χ2v) is 8.91. The van der Waals surface area contributed by atoms with Crippen molar-refractivity contribution < 1.29 is 22.7 Å². The van der Waals surface area contributed by atoms with Crippen LogP contribution in [0.25, 0.3) is 5.65 Å². The fraction of sp³-hybridized carbons (Fsp3) is 0.292. The number of aromatic nitrogens is 4. The molecule has 0 radical (unpaired) electrons. The Kier molecular flexibility index (Phi) is 7.17. The van der Waals surface area contributed by atoms with Gasteiger partial charge in [-0.1, -0.05) is 19.1 Å². The van der Waals surface area contributed by atoms with E-state index in [1.807, 2.05) is 45.9 Å². The van der Waals surface area contributed by atoms with E-state index in [1.54, 1.807) is 28.8 Å². The lowest BCUT2D eigenvalue weighted by Crippen LogP contribution is -2.26. The van der Waals surface area contributed by atoms with Crippen molar-refractivity contribution in [1.82, 2.24) is 24.5 Å². The molecule has 2 aromatic carbocycles. The molecule has 2 unspecified atom stereocenters. The molecular formula is C24H27N5O5S. The third-order valence-electron chi connectivity index (χ3n) is 5.43. The van der Waals surface area contributed by atoms with Crippen LogP contribution in [0.5, 0.6) is 17.2 Å². The smallest absolute Gasteiger partial charge is 0.337 e. The normalized spacial score (nSPS) is 12.9. The molecule has 4 aromatic rings. The van der Waals surface area contributed by atoms with Gasteiger partial charge < -0.3 is 13.7 Å². The average molecular weight is 498 g/mol. The fourth-order valence-electron chi connectivity index (χ4n) is 3.50. The van der Waals surface area contributed by atoms with E-state index in [4.69, 9.17) is 13.7 Å². The molecule has 2 atom stereocenters. The zero-order valence-corrected chi connectivity index (χ0v) is 20.9. The number of aryl methyl sites for hydroxylation is 3. The number of H-pyrrole nitrogens is 1. The topological polar surface area (TPSA) is 120 Å². The highest BCUT2D eigenvalue weighted by Crippen LogP contribution is 2.31. The van der Waals surface area contributed by atoms with E-state index < -0.39 is 23.3 Å². The van der Waals surface area contributed by atoms with Crippen molar-refractivity contribution in [3.63, 3.8) is 0 Å². The molecule has 2 N–H and O–H groups in total. The Balaban J connectivity index is 1.53. The molecular weight excluding hydrogens is 470 g/mol. The number of aromatic amines is 1. The number of nitrogens with one attached hydrogen (secondary N) is 2. The van der Waals surface area contributed by atoms with Gasteiger partial charge in [-0.3, -0.25) is 5.10 Å². The first-order valence-electron chi connectivity index (χ1n) is 11.1. The zero-order valence-electron chi connectivity index (χ0n) is 20.1. The van der Waals surface area contributed by atoms with Gasteiger partial charge in [0.05, 0.1) is 24.4 Å². The van der Waals surface area contributed by atoms with Gasteiger partial charge in [-0.15, -0.1) is 10.2 Å². The molecule has 0 aliphatic heterocycles. The molecule has 0 saturated heterocycles. The van der Waals surface area contributed by atoms with Crippen LogP contribution in [0.2, 0.25) is 0 Å². The number of methoxy groups -OCH3 is 1. The fourth-order valence-corrected chi connectivity index (χ4v) is 4.28. The van der Waals surface area contributed by atoms with Crippen molar-refractivity contribution in [2.24, 2.45) is 0 Å². The van der Waals surface area contributed by atoms with Crippen LogP contribution in [0.4, 0.5) is 0 Å². The Morgan fingerprint density at radius 2 is 1.91 bits per heavy atom. The molecule has 10 nitrogen and oxygen atoms in total. The predicted octanol–water partition coefficient (Wildman–Crippen LogP) is 4.12. The average Bonchev–Trinajstić information content (AvgIpc) is 3.41. The molecule has 184 valence electrons. The summed E-state index contributed by atoms with van der Waals surface area (Å²) >= 11 is -1.80. The molecule has 0 spiro atoms. The van der Waals surface area contributed by atoms with Gasteiger partial charge in [0.1, 0.15) is 11.5 Å². The number of hydrogen-bond acceptors (Lipinski definition) is 7. The van der Waals surface area contributed by atoms with Crippen LogP contribution in [0, 0.1) is 13.8 Å². The summed E-state index contributed by atoms with van der Waals surface area (Å²) in [6, 6.07) is 11.9. The molecule has 0 fully saturated rings. The number of esters is 1. The number of benzene rings is 2. The van der Waals surface area contributed by atoms with Crippen LogP contribution in [0.15, 0.2) is 42.5 Å². The van der Waals surface area contributed by atoms with Gasteiger partial charge in [0.15, 0.2) is 11.6 Å². The van der Waals surface area contributed by atoms with E-state index in [0.717, 1.165) is 16.8 Å². The van der Waals surface area contributed by atoms with Gasteiger partial charge in [-0.05, 0) is 68.7 Å². The van der Waals surface area contributed by atoms with Gasteiger partial charge >= 0.3 is 5.97 Å². The summed E-state index contributed by atoms with van der Waals surface area (Å²) < 4.78 is 33.7. The Labute approximate surface area is 205 Å². The highest BCUT2D eigenvalue weighted by molar-refractivity contribution is 7.78. The summed E-state index contributed by atoms with van der Waals surface area (Å²) in [6.45, 7) is 7.65. The lowest BCUT2D eigenvalue weighted by atomic mass is 10.1. The summed E-state index contributed by atoms with van der Waals surface area (Å²) in [7, 11) is 1.33. The molecule has 0 bridgehead atoms. The molecule has 35 heavy (non-hydrogen) atoms. The number of hydrogen-bond donors (Lipinski definition) is 2. The predicted molar refractivity (Wildman–Crippen MR) is 131 cm³/mol. The summed E-state index contributed by atoms with van der Waals surface area (Å²) in [6.07, 6.45) is 0.655. The van der Waals surface area contributed by atoms with Gasteiger partial charge in [0.2, 0.25) is 5.65 Å². The third kappa shape index (κ3) is 5.20. The molecule has 0 aliphatic rings. The van der Waals surface area contributed by atoms with E-state index in [1.165, 1.54) is 7.11 Å². The Morgan fingerprint density at radius 3 is 2.60 bits per heavy atom. The lowest BCUT2D eigenvalue weighted by Gasteiger charge is -2.12. The number of nitrogens with zero attached hydrogens (tertiary/aromatic N) is 3. The Hall–Kier alpha value is -3.70. The number of carbonyl (C=O) groups excluding carboxylic acids is 1. The maximum Gasteiger partial charge on any atom is 0.337 e. The minimum atomic E-state index is -1.80. The first-order valence-corrected chi connectivity index (χ1v) is 12.1. The van der Waals surface area contributed by atoms with Crippen LogP contribution in [0.3, 0.4) is 0 Å². The van der Waals surface area contributed by atoms with Crippen LogP contribution < -0.4 is 13.6 Å². The van der Waals surface area contributed by atoms with E-state index in [0.29, 0.717) is 40.7 Å².